The Morgan fingerprint density at radius 1 is 1.60 bits per heavy atom. The Balaban J connectivity index is 2.21. The van der Waals surface area contributed by atoms with Crippen molar-refractivity contribution in [2.45, 2.75) is 13.0 Å². The second-order valence-electron chi connectivity index (χ2n) is 4.55. The number of nitrogens with one attached hydrogen (secondary N) is 1. The van der Waals surface area contributed by atoms with Crippen molar-refractivity contribution in [2.24, 2.45) is 7.05 Å². The number of nitrogens with zero attached hydrogens (tertiary/aromatic N) is 3. The molecule has 1 atom stereocenters. The summed E-state index contributed by atoms with van der Waals surface area (Å²) in [5.41, 5.74) is 6.12. The van der Waals surface area contributed by atoms with Gasteiger partial charge >= 0.3 is 0 Å². The number of morpholine rings is 1. The predicted molar refractivity (Wildman–Crippen MR) is 71.9 cm³/mol. The van der Waals surface area contributed by atoms with Gasteiger partial charge in [-0.05, 0) is 6.92 Å². The van der Waals surface area contributed by atoms with E-state index in [1.165, 1.54) is 15.8 Å². The molecule has 110 valence electrons. The summed E-state index contributed by atoms with van der Waals surface area (Å²) in [4.78, 5) is 26.0. The van der Waals surface area contributed by atoms with E-state index in [4.69, 9.17) is 10.5 Å². The van der Waals surface area contributed by atoms with Gasteiger partial charge in [0.2, 0.25) is 5.91 Å². The molecule has 0 spiro atoms. The van der Waals surface area contributed by atoms with E-state index in [1.54, 1.807) is 7.05 Å². The second kappa shape index (κ2) is 5.91. The van der Waals surface area contributed by atoms with E-state index < -0.39 is 6.04 Å². The Morgan fingerprint density at radius 3 is 2.95 bits per heavy atom. The van der Waals surface area contributed by atoms with Gasteiger partial charge in [-0.1, -0.05) is 0 Å². The van der Waals surface area contributed by atoms with Gasteiger partial charge in [0.15, 0.2) is 0 Å². The molecule has 1 unspecified atom stereocenters. The number of aryl methyl sites for hydroxylation is 1. The third-order valence-corrected chi connectivity index (χ3v) is 3.26. The van der Waals surface area contributed by atoms with E-state index in [0.29, 0.717) is 25.3 Å². The molecule has 3 N–H and O–H groups in total. The number of rotatable bonds is 3. The molecular weight excluding hydrogens is 262 g/mol. The maximum atomic E-state index is 12.5. The number of hydrogen-bond donors (Lipinski definition) is 2. The van der Waals surface area contributed by atoms with E-state index in [1.807, 2.05) is 6.92 Å². The van der Waals surface area contributed by atoms with Crippen LogP contribution < -0.4 is 11.1 Å². The van der Waals surface area contributed by atoms with Crippen molar-refractivity contribution in [2.75, 3.05) is 32.0 Å². The minimum absolute atomic E-state index is 0.192. The van der Waals surface area contributed by atoms with Gasteiger partial charge in [0, 0.05) is 20.1 Å². The van der Waals surface area contributed by atoms with E-state index in [0.717, 1.165) is 0 Å². The molecule has 0 radical (unpaired) electrons. The summed E-state index contributed by atoms with van der Waals surface area (Å²) in [6.07, 6.45) is 1.42. The smallest absolute Gasteiger partial charge is 0.260 e. The van der Waals surface area contributed by atoms with Gasteiger partial charge in [-0.3, -0.25) is 14.3 Å². The molecular formula is C12H19N5O3. The van der Waals surface area contributed by atoms with Crippen LogP contribution in [0.15, 0.2) is 6.20 Å². The third-order valence-electron chi connectivity index (χ3n) is 3.26. The molecule has 8 heteroatoms. The molecule has 20 heavy (non-hydrogen) atoms. The van der Waals surface area contributed by atoms with Crippen LogP contribution in [0.4, 0.5) is 5.82 Å². The first-order valence-electron chi connectivity index (χ1n) is 6.50. The van der Waals surface area contributed by atoms with Gasteiger partial charge in [-0.2, -0.15) is 5.10 Å². The monoisotopic (exact) mass is 281 g/mol. The number of ether oxygens (including phenoxy) is 1. The van der Waals surface area contributed by atoms with Crippen molar-refractivity contribution in [3.8, 4) is 0 Å². The van der Waals surface area contributed by atoms with E-state index in [9.17, 15) is 9.59 Å². The number of carbonyl (C=O) groups is 2. The number of nitrogen functional groups attached to an aromatic ring is 1. The Hall–Kier alpha value is -2.09. The minimum Gasteiger partial charge on any atom is -0.383 e. The molecule has 2 amide bonds. The van der Waals surface area contributed by atoms with Crippen LogP contribution in [0.25, 0.3) is 0 Å². The second-order valence-corrected chi connectivity index (χ2v) is 4.55. The number of nitrogens with two attached hydrogens (primary N) is 1. The topological polar surface area (TPSA) is 102 Å². The average Bonchev–Trinajstić information content (AvgIpc) is 2.78. The molecule has 0 aliphatic carbocycles. The SMILES string of the molecule is CCNC(=O)C1COCCN1C(=O)c1cnn(C)c1N. The Kier molecular flexibility index (Phi) is 4.23. The Morgan fingerprint density at radius 2 is 2.35 bits per heavy atom. The van der Waals surface area contributed by atoms with Crippen molar-refractivity contribution >= 4 is 17.6 Å². The molecule has 1 saturated heterocycles. The summed E-state index contributed by atoms with van der Waals surface area (Å²) in [6, 6.07) is -0.629. The van der Waals surface area contributed by atoms with Gasteiger partial charge in [0.1, 0.15) is 17.4 Å². The fourth-order valence-corrected chi connectivity index (χ4v) is 2.12. The zero-order valence-electron chi connectivity index (χ0n) is 11.6. The summed E-state index contributed by atoms with van der Waals surface area (Å²) in [6.45, 7) is 3.29. The van der Waals surface area contributed by atoms with E-state index in [2.05, 4.69) is 10.4 Å². The zero-order valence-corrected chi connectivity index (χ0v) is 11.6. The lowest BCUT2D eigenvalue weighted by Gasteiger charge is -2.34. The van der Waals surface area contributed by atoms with Crippen LogP contribution >= 0.6 is 0 Å². The van der Waals surface area contributed by atoms with Crippen LogP contribution in [0.3, 0.4) is 0 Å². The van der Waals surface area contributed by atoms with Gasteiger partial charge in [-0.15, -0.1) is 0 Å². The number of anilines is 1. The molecule has 0 aromatic carbocycles. The van der Waals surface area contributed by atoms with Crippen molar-refractivity contribution < 1.29 is 14.3 Å². The molecule has 2 heterocycles. The summed E-state index contributed by atoms with van der Waals surface area (Å²) >= 11 is 0. The summed E-state index contributed by atoms with van der Waals surface area (Å²) in [7, 11) is 1.66. The molecule has 0 bridgehead atoms. The van der Waals surface area contributed by atoms with Gasteiger partial charge in [0.25, 0.3) is 5.91 Å². The largest absolute Gasteiger partial charge is 0.383 e. The highest BCUT2D eigenvalue weighted by Crippen LogP contribution is 2.17. The average molecular weight is 281 g/mol. The number of hydrogen-bond acceptors (Lipinski definition) is 5. The van der Waals surface area contributed by atoms with Crippen molar-refractivity contribution in [1.29, 1.82) is 0 Å². The predicted octanol–water partition coefficient (Wildman–Crippen LogP) is -1.02. The Bertz CT molecular complexity index is 513. The van der Waals surface area contributed by atoms with Gasteiger partial charge in [0.05, 0.1) is 19.4 Å². The quantitative estimate of drug-likeness (QED) is 0.738. The van der Waals surface area contributed by atoms with Crippen molar-refractivity contribution in [3.05, 3.63) is 11.8 Å². The van der Waals surface area contributed by atoms with Crippen LogP contribution in [0.5, 0.6) is 0 Å². The van der Waals surface area contributed by atoms with Crippen LogP contribution in [0, 0.1) is 0 Å². The summed E-state index contributed by atoms with van der Waals surface area (Å²) in [5.74, 6) is -0.227. The van der Waals surface area contributed by atoms with Gasteiger partial charge in [-0.25, -0.2) is 0 Å². The standard InChI is InChI=1S/C12H19N5O3/c1-3-14-11(18)9-7-20-5-4-17(9)12(19)8-6-15-16(2)10(8)13/h6,9H,3-5,7,13H2,1-2H3,(H,14,18). The molecule has 8 nitrogen and oxygen atoms in total. The van der Waals surface area contributed by atoms with Crippen LogP contribution in [0.1, 0.15) is 17.3 Å². The van der Waals surface area contributed by atoms with Gasteiger partial charge < -0.3 is 20.7 Å². The number of amides is 2. The molecule has 1 aliphatic heterocycles. The molecule has 1 aromatic heterocycles. The van der Waals surface area contributed by atoms with Crippen LogP contribution in [0.2, 0.25) is 0 Å². The maximum Gasteiger partial charge on any atom is 0.260 e. The normalized spacial score (nSPS) is 18.9. The molecule has 2 rings (SSSR count). The first-order valence-corrected chi connectivity index (χ1v) is 6.50. The minimum atomic E-state index is -0.629. The van der Waals surface area contributed by atoms with E-state index in [-0.39, 0.29) is 24.2 Å². The lowest BCUT2D eigenvalue weighted by atomic mass is 10.1. The maximum absolute atomic E-state index is 12.5. The summed E-state index contributed by atoms with van der Waals surface area (Å²) < 4.78 is 6.72. The van der Waals surface area contributed by atoms with Crippen LogP contribution in [-0.2, 0) is 16.6 Å². The highest BCUT2D eigenvalue weighted by atomic mass is 16.5. The van der Waals surface area contributed by atoms with Crippen molar-refractivity contribution in [3.63, 3.8) is 0 Å². The Labute approximate surface area is 116 Å². The molecule has 1 aliphatic rings. The third kappa shape index (κ3) is 2.60. The number of carbonyl (C=O) groups excluding carboxylic acids is 2. The number of likely N-dealkylation sites (N-methyl/N-ethyl adjacent to an activating group) is 1. The molecule has 0 saturated carbocycles. The lowest BCUT2D eigenvalue weighted by molar-refractivity contribution is -0.130. The first kappa shape index (κ1) is 14.3. The first-order chi connectivity index (χ1) is 9.56. The van der Waals surface area contributed by atoms with Crippen molar-refractivity contribution in [1.82, 2.24) is 20.0 Å². The van der Waals surface area contributed by atoms with Crippen LogP contribution in [-0.4, -0.2) is 58.8 Å². The summed E-state index contributed by atoms with van der Waals surface area (Å²) in [5, 5.41) is 6.66. The lowest BCUT2D eigenvalue weighted by Crippen LogP contribution is -2.55. The highest BCUT2D eigenvalue weighted by Gasteiger charge is 2.34. The fraction of sp³-hybridized carbons (Fsp3) is 0.583. The number of aromatic nitrogens is 2. The molecule has 1 aromatic rings. The highest BCUT2D eigenvalue weighted by molar-refractivity contribution is 6.00. The van der Waals surface area contributed by atoms with E-state index >= 15 is 0 Å². The zero-order chi connectivity index (χ0) is 14.7. The molecule has 1 fully saturated rings. The fourth-order valence-electron chi connectivity index (χ4n) is 2.12.